The van der Waals surface area contributed by atoms with Gasteiger partial charge in [0, 0.05) is 53.4 Å². The van der Waals surface area contributed by atoms with Gasteiger partial charge in [0.2, 0.25) is 11.8 Å². The van der Waals surface area contributed by atoms with Gasteiger partial charge in [-0.3, -0.25) is 24.1 Å². The number of ketones is 2. The van der Waals surface area contributed by atoms with Crippen LogP contribution in [-0.4, -0.2) is 42.6 Å². The van der Waals surface area contributed by atoms with Crippen LogP contribution in [0.15, 0.2) is 130 Å². The van der Waals surface area contributed by atoms with E-state index in [1.54, 1.807) is 37.3 Å². The number of carbonyl (C=O) groups is 4. The number of phenolic OH excluding ortho intramolecular Hbond substituents is 1. The third-order valence-corrected chi connectivity index (χ3v) is 10.6. The smallest absolute Gasteiger partial charge is 0.238 e. The molecule has 9 nitrogen and oxygen atoms in total. The van der Waals surface area contributed by atoms with Gasteiger partial charge in [0.15, 0.2) is 11.6 Å². The minimum absolute atomic E-state index is 0.0364. The van der Waals surface area contributed by atoms with Crippen LogP contribution < -0.4 is 9.80 Å². The lowest BCUT2D eigenvalue weighted by atomic mass is 9.59. The Balaban J connectivity index is 1.13. The third kappa shape index (κ3) is 4.91. The summed E-state index contributed by atoms with van der Waals surface area (Å²) in [5, 5.41) is 21.7. The van der Waals surface area contributed by atoms with E-state index in [1.165, 1.54) is 11.0 Å². The first kappa shape index (κ1) is 31.3. The number of imide groups is 1. The summed E-state index contributed by atoms with van der Waals surface area (Å²) in [7, 11) is 3.93. The van der Waals surface area contributed by atoms with Gasteiger partial charge in [-0.05, 0) is 85.7 Å². The number of nitrogens with zero attached hydrogens (tertiary/aromatic N) is 4. The zero-order valence-electron chi connectivity index (χ0n) is 27.8. The topological polar surface area (TPSA) is 120 Å². The second kappa shape index (κ2) is 11.9. The first-order chi connectivity index (χ1) is 24.1. The van der Waals surface area contributed by atoms with Crippen LogP contribution >= 0.6 is 0 Å². The summed E-state index contributed by atoms with van der Waals surface area (Å²) >= 11 is 0. The number of azo groups is 1. The van der Waals surface area contributed by atoms with Gasteiger partial charge in [-0.25, -0.2) is 0 Å². The molecule has 0 spiro atoms. The van der Waals surface area contributed by atoms with E-state index in [2.05, 4.69) is 10.2 Å². The van der Waals surface area contributed by atoms with Crippen molar-refractivity contribution in [3.8, 4) is 5.75 Å². The monoisotopic (exact) mass is 662 g/mol. The molecule has 0 saturated carbocycles. The number of hydrogen-bond acceptors (Lipinski definition) is 8. The molecule has 3 aliphatic carbocycles. The third-order valence-electron chi connectivity index (χ3n) is 10.6. The van der Waals surface area contributed by atoms with Crippen LogP contribution in [0.4, 0.5) is 22.7 Å². The lowest BCUT2D eigenvalue weighted by molar-refractivity contribution is -0.123. The van der Waals surface area contributed by atoms with Crippen LogP contribution in [-0.2, 0) is 19.2 Å². The highest BCUT2D eigenvalue weighted by Crippen LogP contribution is 2.57. The molecule has 50 heavy (non-hydrogen) atoms. The molecule has 4 aromatic carbocycles. The Morgan fingerprint density at radius 1 is 0.800 bits per heavy atom. The molecule has 0 bridgehead atoms. The summed E-state index contributed by atoms with van der Waals surface area (Å²) in [6, 6.07) is 25.6. The molecule has 0 aromatic heterocycles. The minimum atomic E-state index is -0.727. The van der Waals surface area contributed by atoms with Crippen molar-refractivity contribution in [2.75, 3.05) is 23.9 Å². The molecule has 1 N–H and O–H groups in total. The van der Waals surface area contributed by atoms with Crippen molar-refractivity contribution in [3.05, 3.63) is 125 Å². The Kier molecular flexibility index (Phi) is 7.44. The van der Waals surface area contributed by atoms with Gasteiger partial charge < -0.3 is 10.0 Å². The number of amides is 2. The predicted octanol–water partition coefficient (Wildman–Crippen LogP) is 7.66. The number of anilines is 2. The zero-order valence-corrected chi connectivity index (χ0v) is 27.8. The number of allylic oxidation sites excluding steroid dienone is 6. The maximum Gasteiger partial charge on any atom is 0.238 e. The van der Waals surface area contributed by atoms with Gasteiger partial charge in [-0.2, -0.15) is 10.2 Å². The van der Waals surface area contributed by atoms with Crippen molar-refractivity contribution in [2.45, 2.75) is 25.7 Å². The van der Waals surface area contributed by atoms with E-state index in [0.717, 1.165) is 16.6 Å². The number of rotatable bonds is 5. The van der Waals surface area contributed by atoms with Crippen LogP contribution in [0.3, 0.4) is 0 Å². The Labute approximate surface area is 288 Å². The molecule has 1 fully saturated rings. The summed E-state index contributed by atoms with van der Waals surface area (Å²) in [6.45, 7) is 1.63. The van der Waals surface area contributed by atoms with Crippen molar-refractivity contribution in [1.82, 2.24) is 0 Å². The molecule has 2 amide bonds. The molecule has 1 aliphatic heterocycles. The summed E-state index contributed by atoms with van der Waals surface area (Å²) in [5.74, 6) is -3.66. The minimum Gasteiger partial charge on any atom is -0.507 e. The summed E-state index contributed by atoms with van der Waals surface area (Å²) in [5.41, 5.74) is 5.11. The lowest BCUT2D eigenvalue weighted by Gasteiger charge is -2.42. The summed E-state index contributed by atoms with van der Waals surface area (Å²) < 4.78 is 0. The molecule has 4 aliphatic rings. The highest BCUT2D eigenvalue weighted by molar-refractivity contribution is 6.25. The number of benzene rings is 4. The molecule has 0 radical (unpaired) electrons. The van der Waals surface area contributed by atoms with Crippen molar-refractivity contribution < 1.29 is 24.3 Å². The van der Waals surface area contributed by atoms with Crippen molar-refractivity contribution in [1.29, 1.82) is 0 Å². The average molecular weight is 663 g/mol. The number of carbonyl (C=O) groups excluding carboxylic acids is 4. The SMILES string of the molecule is CC1=CC(=O)C2=C(C1=O)[C@@H](c1ccc3ccccc3c1O)C1=CC[C@@H]3C(=O)N(c4ccc(N=Nc5ccc(N(C)C)cc5)cc4)C(=O)[C@@H]3[C@@H]1C2. The van der Waals surface area contributed by atoms with Gasteiger partial charge in [0.05, 0.1) is 28.9 Å². The zero-order chi connectivity index (χ0) is 34.8. The molecule has 1 saturated heterocycles. The van der Waals surface area contributed by atoms with E-state index in [-0.39, 0.29) is 35.6 Å². The van der Waals surface area contributed by atoms with Crippen molar-refractivity contribution >= 4 is 56.9 Å². The Morgan fingerprint density at radius 3 is 2.18 bits per heavy atom. The van der Waals surface area contributed by atoms with Crippen LogP contribution in [0.5, 0.6) is 5.75 Å². The van der Waals surface area contributed by atoms with Gasteiger partial charge >= 0.3 is 0 Å². The fourth-order valence-electron chi connectivity index (χ4n) is 8.08. The van der Waals surface area contributed by atoms with E-state index < -0.39 is 23.7 Å². The van der Waals surface area contributed by atoms with Gasteiger partial charge in [0.25, 0.3) is 0 Å². The number of hydrogen-bond donors (Lipinski definition) is 1. The Hall–Kier alpha value is -5.96. The van der Waals surface area contributed by atoms with E-state index in [0.29, 0.717) is 51.2 Å². The maximum atomic E-state index is 14.3. The molecule has 248 valence electrons. The largest absolute Gasteiger partial charge is 0.507 e. The van der Waals surface area contributed by atoms with Crippen molar-refractivity contribution in [2.24, 2.45) is 28.0 Å². The Morgan fingerprint density at radius 2 is 1.48 bits per heavy atom. The fraction of sp³-hybridized carbons (Fsp3) is 0.220. The number of Topliss-reactive ketones (excluding diaryl/α,β-unsaturated/α-hetero) is 1. The maximum absolute atomic E-state index is 14.3. The normalized spacial score (nSPS) is 23.2. The molecular weight excluding hydrogens is 628 g/mol. The van der Waals surface area contributed by atoms with E-state index >= 15 is 0 Å². The molecule has 8 rings (SSSR count). The molecule has 9 heteroatoms. The van der Waals surface area contributed by atoms with E-state index in [1.807, 2.05) is 79.7 Å². The van der Waals surface area contributed by atoms with Crippen LogP contribution in [0.1, 0.15) is 31.2 Å². The van der Waals surface area contributed by atoms with Gasteiger partial charge in [-0.1, -0.05) is 48.0 Å². The van der Waals surface area contributed by atoms with Crippen LogP contribution in [0, 0.1) is 17.8 Å². The van der Waals surface area contributed by atoms with Gasteiger partial charge in [0.1, 0.15) is 5.75 Å². The number of aromatic hydroxyl groups is 1. The fourth-order valence-corrected chi connectivity index (χ4v) is 8.08. The Bertz CT molecular complexity index is 2260. The first-order valence-corrected chi connectivity index (χ1v) is 16.7. The quantitative estimate of drug-likeness (QED) is 0.101. The number of fused-ring (bicyclic) bond motifs is 4. The molecule has 4 aromatic rings. The molecule has 4 atom stereocenters. The molecule has 0 unspecified atom stereocenters. The van der Waals surface area contributed by atoms with E-state index in [9.17, 15) is 24.3 Å². The first-order valence-electron chi connectivity index (χ1n) is 16.7. The van der Waals surface area contributed by atoms with E-state index in [4.69, 9.17) is 0 Å². The highest BCUT2D eigenvalue weighted by atomic mass is 16.3. The van der Waals surface area contributed by atoms with Gasteiger partial charge in [-0.15, -0.1) is 0 Å². The van der Waals surface area contributed by atoms with Crippen molar-refractivity contribution in [3.63, 3.8) is 0 Å². The number of phenols is 1. The van der Waals surface area contributed by atoms with Crippen LogP contribution in [0.2, 0.25) is 0 Å². The lowest BCUT2D eigenvalue weighted by Crippen LogP contribution is -2.39. The second-order valence-corrected chi connectivity index (χ2v) is 13.6. The average Bonchev–Trinajstić information content (AvgIpc) is 3.38. The van der Waals surface area contributed by atoms with Crippen LogP contribution in [0.25, 0.3) is 10.8 Å². The summed E-state index contributed by atoms with van der Waals surface area (Å²) in [6.07, 6.45) is 3.80. The summed E-state index contributed by atoms with van der Waals surface area (Å²) in [4.78, 5) is 58.8. The highest BCUT2D eigenvalue weighted by Gasteiger charge is 2.56. The molecule has 1 heterocycles. The molecular formula is C41H34N4O5. The predicted molar refractivity (Wildman–Crippen MR) is 191 cm³/mol. The standard InChI is InChI=1S/C41H34N4O5/c1-22-20-34(46)33-21-32-29(35(37(33)38(22)47)30-17-8-23-6-4-5-7-28(23)39(30)48)18-19-31-36(32)41(50)45(40(31)49)27-15-11-25(12-16-27)43-42-24-9-13-26(14-10-24)44(2)3/h4-18,20,31-32,35-36,48H,19,21H2,1-3H3/t31-,32+,35+,36-/m0/s1. The second-order valence-electron chi connectivity index (χ2n) is 13.6.